The predicted molar refractivity (Wildman–Crippen MR) is 61.5 cm³/mol. The molecule has 0 aliphatic rings. The molecule has 1 unspecified atom stereocenters. The Balaban J connectivity index is 3.08. The van der Waals surface area contributed by atoms with Crippen molar-refractivity contribution in [2.24, 2.45) is 5.73 Å². The van der Waals surface area contributed by atoms with Crippen LogP contribution < -0.4 is 5.73 Å². The topological polar surface area (TPSA) is 78.0 Å². The Morgan fingerprint density at radius 2 is 2.33 bits per heavy atom. The third-order valence-corrected chi connectivity index (χ3v) is 3.38. The van der Waals surface area contributed by atoms with Crippen LogP contribution in [0.25, 0.3) is 0 Å². The average molecular weight is 247 g/mol. The van der Waals surface area contributed by atoms with Gasteiger partial charge in [0, 0.05) is 12.5 Å². The van der Waals surface area contributed by atoms with Gasteiger partial charge in [0.15, 0.2) is 9.84 Å². The van der Waals surface area contributed by atoms with Crippen molar-refractivity contribution in [3.05, 3.63) is 12.4 Å². The third kappa shape index (κ3) is 2.75. The van der Waals surface area contributed by atoms with E-state index >= 15 is 0 Å². The second-order valence-corrected chi connectivity index (χ2v) is 5.74. The molecule has 0 amide bonds. The molecule has 1 aromatic rings. The van der Waals surface area contributed by atoms with E-state index in [9.17, 15) is 8.42 Å². The van der Waals surface area contributed by atoms with Crippen LogP contribution in [0.3, 0.4) is 0 Å². The molecule has 1 rings (SSSR count). The number of nitrogens with two attached hydrogens (primary N) is 1. The van der Waals surface area contributed by atoms with Crippen LogP contribution in [0.4, 0.5) is 0 Å². The lowest BCUT2D eigenvalue weighted by Crippen LogP contribution is -2.24. The van der Waals surface area contributed by atoms with Gasteiger partial charge in [-0.25, -0.2) is 8.42 Å². The van der Waals surface area contributed by atoms with Crippen LogP contribution in [0.2, 0.25) is 0 Å². The predicted octanol–water partition coefficient (Wildman–Crippen LogP) is 0.524. The second-order valence-electron chi connectivity index (χ2n) is 3.25. The smallest absolute Gasteiger partial charge is 0.178 e. The van der Waals surface area contributed by atoms with E-state index in [4.69, 9.17) is 18.0 Å². The van der Waals surface area contributed by atoms with Crippen LogP contribution in [0.1, 0.15) is 19.4 Å². The van der Waals surface area contributed by atoms with E-state index in [0.717, 1.165) is 6.26 Å². The SMILES string of the molecule is CCC(C(N)=S)n1cc(S(C)(=O)=O)cn1. The first kappa shape index (κ1) is 12.1. The van der Waals surface area contributed by atoms with Crippen molar-refractivity contribution in [3.8, 4) is 0 Å². The molecule has 1 atom stereocenters. The van der Waals surface area contributed by atoms with E-state index in [2.05, 4.69) is 5.10 Å². The van der Waals surface area contributed by atoms with Gasteiger partial charge in [0.2, 0.25) is 0 Å². The Morgan fingerprint density at radius 3 is 2.67 bits per heavy atom. The summed E-state index contributed by atoms with van der Waals surface area (Å²) in [7, 11) is -3.22. The maximum atomic E-state index is 11.2. The van der Waals surface area contributed by atoms with Gasteiger partial charge in [-0.2, -0.15) is 5.10 Å². The van der Waals surface area contributed by atoms with Gasteiger partial charge < -0.3 is 5.73 Å². The molecule has 1 heterocycles. The molecule has 0 aliphatic heterocycles. The van der Waals surface area contributed by atoms with Crippen molar-refractivity contribution in [2.45, 2.75) is 24.3 Å². The first-order valence-electron chi connectivity index (χ1n) is 4.39. The minimum atomic E-state index is -3.22. The first-order valence-corrected chi connectivity index (χ1v) is 6.69. The monoisotopic (exact) mass is 247 g/mol. The van der Waals surface area contributed by atoms with Gasteiger partial charge in [0.05, 0.1) is 11.2 Å². The van der Waals surface area contributed by atoms with Crippen molar-refractivity contribution < 1.29 is 8.42 Å². The molecule has 7 heteroatoms. The van der Waals surface area contributed by atoms with Gasteiger partial charge in [-0.15, -0.1) is 0 Å². The summed E-state index contributed by atoms with van der Waals surface area (Å²) < 4.78 is 23.9. The van der Waals surface area contributed by atoms with Gasteiger partial charge >= 0.3 is 0 Å². The first-order chi connectivity index (χ1) is 6.86. The van der Waals surface area contributed by atoms with Crippen LogP contribution >= 0.6 is 12.2 Å². The molecule has 0 saturated carbocycles. The van der Waals surface area contributed by atoms with Gasteiger partial charge in [-0.05, 0) is 6.42 Å². The molecule has 0 fully saturated rings. The van der Waals surface area contributed by atoms with Crippen molar-refractivity contribution in [1.82, 2.24) is 9.78 Å². The fraction of sp³-hybridized carbons (Fsp3) is 0.500. The van der Waals surface area contributed by atoms with E-state index in [1.807, 2.05) is 6.92 Å². The standard InChI is InChI=1S/C8H13N3O2S2/c1-3-7(8(9)14)11-5-6(4-10-11)15(2,12)13/h4-5,7H,3H2,1-2H3,(H2,9,14). The highest BCUT2D eigenvalue weighted by Crippen LogP contribution is 2.14. The molecule has 0 bridgehead atoms. The van der Waals surface area contributed by atoms with Gasteiger partial charge in [0.1, 0.15) is 10.9 Å². The summed E-state index contributed by atoms with van der Waals surface area (Å²) in [5.41, 5.74) is 5.52. The fourth-order valence-corrected chi connectivity index (χ4v) is 2.01. The lowest BCUT2D eigenvalue weighted by Gasteiger charge is -2.12. The maximum Gasteiger partial charge on any atom is 0.178 e. The third-order valence-electron chi connectivity index (χ3n) is 2.04. The summed E-state index contributed by atoms with van der Waals surface area (Å²) >= 11 is 4.87. The Bertz CT molecular complexity index is 464. The van der Waals surface area contributed by atoms with E-state index in [0.29, 0.717) is 11.4 Å². The Hall–Kier alpha value is -0.950. The highest BCUT2D eigenvalue weighted by Gasteiger charge is 2.16. The normalized spacial score (nSPS) is 13.7. The average Bonchev–Trinajstić information content (AvgIpc) is 2.52. The molecule has 84 valence electrons. The molecule has 5 nitrogen and oxygen atoms in total. The van der Waals surface area contributed by atoms with Crippen LogP contribution in [-0.2, 0) is 9.84 Å². The zero-order valence-corrected chi connectivity index (χ0v) is 10.2. The largest absolute Gasteiger partial charge is 0.392 e. The second kappa shape index (κ2) is 4.28. The minimum Gasteiger partial charge on any atom is -0.392 e. The summed E-state index contributed by atoms with van der Waals surface area (Å²) in [6, 6.07) is -0.226. The Morgan fingerprint density at radius 1 is 1.73 bits per heavy atom. The molecule has 0 aromatic carbocycles. The highest BCUT2D eigenvalue weighted by molar-refractivity contribution is 7.90. The summed E-state index contributed by atoms with van der Waals surface area (Å²) in [4.78, 5) is 0.484. The van der Waals surface area contributed by atoms with Crippen LogP contribution in [-0.4, -0.2) is 29.4 Å². The summed E-state index contributed by atoms with van der Waals surface area (Å²) in [6.07, 6.45) is 4.56. The number of nitrogens with zero attached hydrogens (tertiary/aromatic N) is 2. The van der Waals surface area contributed by atoms with E-state index in [1.165, 1.54) is 17.1 Å². The molecule has 15 heavy (non-hydrogen) atoms. The van der Waals surface area contributed by atoms with Crippen molar-refractivity contribution >= 4 is 27.0 Å². The molecular formula is C8H13N3O2S2. The number of thiocarbonyl (C=S) groups is 1. The summed E-state index contributed by atoms with van der Waals surface area (Å²) in [5, 5.41) is 3.95. The molecule has 0 saturated heterocycles. The number of hydrogen-bond acceptors (Lipinski definition) is 4. The molecule has 0 radical (unpaired) electrons. The molecule has 2 N–H and O–H groups in total. The number of rotatable bonds is 4. The fourth-order valence-electron chi connectivity index (χ4n) is 1.20. The minimum absolute atomic E-state index is 0.178. The van der Waals surface area contributed by atoms with Gasteiger partial charge in [0.25, 0.3) is 0 Å². The van der Waals surface area contributed by atoms with Crippen molar-refractivity contribution in [3.63, 3.8) is 0 Å². The Labute approximate surface area is 94.2 Å². The molecule has 1 aromatic heterocycles. The lowest BCUT2D eigenvalue weighted by molar-refractivity contribution is 0.552. The van der Waals surface area contributed by atoms with E-state index in [-0.39, 0.29) is 10.9 Å². The van der Waals surface area contributed by atoms with Crippen LogP contribution in [0.5, 0.6) is 0 Å². The highest BCUT2D eigenvalue weighted by atomic mass is 32.2. The van der Waals surface area contributed by atoms with Crippen molar-refractivity contribution in [1.29, 1.82) is 0 Å². The maximum absolute atomic E-state index is 11.2. The van der Waals surface area contributed by atoms with Crippen LogP contribution in [0.15, 0.2) is 17.3 Å². The lowest BCUT2D eigenvalue weighted by atomic mass is 10.2. The zero-order valence-electron chi connectivity index (χ0n) is 8.54. The number of aromatic nitrogens is 2. The number of sulfone groups is 1. The quantitative estimate of drug-likeness (QED) is 0.785. The molecule has 0 spiro atoms. The van der Waals surface area contributed by atoms with E-state index in [1.54, 1.807) is 0 Å². The van der Waals surface area contributed by atoms with E-state index < -0.39 is 9.84 Å². The molecular weight excluding hydrogens is 234 g/mol. The number of hydrogen-bond donors (Lipinski definition) is 1. The van der Waals surface area contributed by atoms with Gasteiger partial charge in [-0.1, -0.05) is 19.1 Å². The van der Waals surface area contributed by atoms with Crippen LogP contribution in [0, 0.1) is 0 Å². The van der Waals surface area contributed by atoms with Crippen molar-refractivity contribution in [2.75, 3.05) is 6.26 Å². The summed E-state index contributed by atoms with van der Waals surface area (Å²) in [6.45, 7) is 1.91. The van der Waals surface area contributed by atoms with Gasteiger partial charge in [-0.3, -0.25) is 4.68 Å². The molecule has 0 aliphatic carbocycles. The summed E-state index contributed by atoms with van der Waals surface area (Å²) in [5.74, 6) is 0. The Kier molecular flexibility index (Phi) is 3.46. The zero-order chi connectivity index (χ0) is 11.6.